The number of fused-ring (bicyclic) bond motifs is 2. The van der Waals surface area contributed by atoms with Crippen molar-refractivity contribution in [2.75, 3.05) is 18.5 Å². The van der Waals surface area contributed by atoms with Gasteiger partial charge in [0.2, 0.25) is 0 Å². The second-order valence-corrected chi connectivity index (χ2v) is 9.70. The van der Waals surface area contributed by atoms with E-state index in [2.05, 4.69) is 10.6 Å². The van der Waals surface area contributed by atoms with Crippen molar-refractivity contribution in [1.29, 1.82) is 0 Å². The first-order chi connectivity index (χ1) is 17.2. The highest BCUT2D eigenvalue weighted by Gasteiger charge is 2.26. The number of carbonyl (C=O) groups is 1. The standard InChI is InChI=1S/C29H34N2O4/c32-28(23-12-15-26-27(19-23)35-17-16-34-26)25(14-10-20-6-2-1-3-7-20)31-29(33)30-24-13-11-21-8-4-5-9-22(21)18-24/h4-5,8-9,11-13,15,18-20,25,28,32H,1-3,6-7,10,14,16-17H2,(H2,30,31,33). The van der Waals surface area contributed by atoms with Gasteiger partial charge in [-0.1, -0.05) is 68.5 Å². The van der Waals surface area contributed by atoms with E-state index in [-0.39, 0.29) is 6.03 Å². The highest BCUT2D eigenvalue weighted by atomic mass is 16.6. The summed E-state index contributed by atoms with van der Waals surface area (Å²) in [6.07, 6.45) is 7.18. The molecule has 2 amide bonds. The Hall–Kier alpha value is -3.25. The van der Waals surface area contributed by atoms with Gasteiger partial charge in [-0.2, -0.15) is 0 Å². The van der Waals surface area contributed by atoms with Crippen molar-refractivity contribution in [1.82, 2.24) is 5.32 Å². The van der Waals surface area contributed by atoms with Gasteiger partial charge < -0.3 is 25.2 Å². The van der Waals surface area contributed by atoms with Crippen molar-refractivity contribution in [3.63, 3.8) is 0 Å². The Morgan fingerprint density at radius 1 is 0.914 bits per heavy atom. The molecule has 0 aromatic heterocycles. The van der Waals surface area contributed by atoms with Crippen LogP contribution in [0.4, 0.5) is 10.5 Å². The molecule has 3 aromatic carbocycles. The maximum atomic E-state index is 13.0. The lowest BCUT2D eigenvalue weighted by molar-refractivity contribution is 0.120. The molecule has 1 aliphatic carbocycles. The summed E-state index contributed by atoms with van der Waals surface area (Å²) in [6.45, 7) is 1.01. The van der Waals surface area contributed by atoms with Crippen LogP contribution in [0, 0.1) is 5.92 Å². The number of hydrogen-bond acceptors (Lipinski definition) is 4. The first-order valence-corrected chi connectivity index (χ1v) is 12.8. The summed E-state index contributed by atoms with van der Waals surface area (Å²) in [5.41, 5.74) is 1.44. The highest BCUT2D eigenvalue weighted by Crippen LogP contribution is 2.35. The van der Waals surface area contributed by atoms with Crippen molar-refractivity contribution in [3.05, 3.63) is 66.2 Å². The van der Waals surface area contributed by atoms with E-state index in [9.17, 15) is 9.90 Å². The molecule has 1 fully saturated rings. The summed E-state index contributed by atoms with van der Waals surface area (Å²) in [5, 5.41) is 19.5. The van der Waals surface area contributed by atoms with Crippen LogP contribution in [0.15, 0.2) is 60.7 Å². The minimum atomic E-state index is -0.850. The average molecular weight is 475 g/mol. The second-order valence-electron chi connectivity index (χ2n) is 9.70. The number of carbonyl (C=O) groups excluding carboxylic acids is 1. The van der Waals surface area contributed by atoms with Gasteiger partial charge in [-0.3, -0.25) is 0 Å². The van der Waals surface area contributed by atoms with Gasteiger partial charge in [0.1, 0.15) is 13.2 Å². The fraction of sp³-hybridized carbons (Fsp3) is 0.414. The minimum absolute atomic E-state index is 0.314. The van der Waals surface area contributed by atoms with Crippen LogP contribution in [-0.4, -0.2) is 30.4 Å². The summed E-state index contributed by atoms with van der Waals surface area (Å²) >= 11 is 0. The van der Waals surface area contributed by atoms with Crippen molar-refractivity contribution >= 4 is 22.5 Å². The first-order valence-electron chi connectivity index (χ1n) is 12.8. The van der Waals surface area contributed by atoms with Crippen LogP contribution in [0.2, 0.25) is 0 Å². The first kappa shape index (κ1) is 23.5. The quantitative estimate of drug-likeness (QED) is 0.381. The molecular formula is C29H34N2O4. The van der Waals surface area contributed by atoms with Crippen LogP contribution in [-0.2, 0) is 0 Å². The molecule has 3 aromatic rings. The van der Waals surface area contributed by atoms with E-state index in [0.29, 0.717) is 42.6 Å². The molecule has 1 aliphatic heterocycles. The van der Waals surface area contributed by atoms with E-state index >= 15 is 0 Å². The van der Waals surface area contributed by atoms with Crippen LogP contribution in [0.5, 0.6) is 11.5 Å². The van der Waals surface area contributed by atoms with Crippen molar-refractivity contribution < 1.29 is 19.4 Å². The zero-order valence-corrected chi connectivity index (χ0v) is 20.0. The molecule has 6 nitrogen and oxygen atoms in total. The molecule has 1 saturated carbocycles. The number of aliphatic hydroxyl groups excluding tert-OH is 1. The molecule has 5 rings (SSSR count). The van der Waals surface area contributed by atoms with Crippen molar-refractivity contribution in [2.24, 2.45) is 5.92 Å². The third-order valence-electron chi connectivity index (χ3n) is 7.22. The zero-order valence-electron chi connectivity index (χ0n) is 20.0. The van der Waals surface area contributed by atoms with Crippen LogP contribution in [0.25, 0.3) is 10.8 Å². The number of urea groups is 1. The van der Waals surface area contributed by atoms with Crippen LogP contribution >= 0.6 is 0 Å². The molecule has 0 spiro atoms. The van der Waals surface area contributed by atoms with E-state index < -0.39 is 12.1 Å². The normalized spacial score (nSPS) is 17.5. The van der Waals surface area contributed by atoms with Crippen molar-refractivity contribution in [2.45, 2.75) is 57.1 Å². The highest BCUT2D eigenvalue weighted by molar-refractivity contribution is 5.93. The Bertz CT molecular complexity index is 1160. The molecular weight excluding hydrogens is 440 g/mol. The maximum Gasteiger partial charge on any atom is 0.319 e. The second kappa shape index (κ2) is 11.0. The number of nitrogens with one attached hydrogen (secondary N) is 2. The predicted molar refractivity (Wildman–Crippen MR) is 138 cm³/mol. The fourth-order valence-electron chi connectivity index (χ4n) is 5.28. The summed E-state index contributed by atoms with van der Waals surface area (Å²) in [6, 6.07) is 18.7. The molecule has 3 N–H and O–H groups in total. The maximum absolute atomic E-state index is 13.0. The smallest absolute Gasteiger partial charge is 0.319 e. The van der Waals surface area contributed by atoms with Gasteiger partial charge in [0, 0.05) is 5.69 Å². The fourth-order valence-corrected chi connectivity index (χ4v) is 5.28. The molecule has 184 valence electrons. The molecule has 6 heteroatoms. The predicted octanol–water partition coefficient (Wildman–Crippen LogP) is 6.20. The Morgan fingerprint density at radius 2 is 1.69 bits per heavy atom. The SMILES string of the molecule is O=C(Nc1ccc2ccccc2c1)NC(CCC1CCCCC1)C(O)c1ccc2c(c1)OCCO2. The van der Waals surface area contributed by atoms with E-state index in [1.807, 2.05) is 60.7 Å². The van der Waals surface area contributed by atoms with Gasteiger partial charge in [-0.05, 0) is 59.4 Å². The van der Waals surface area contributed by atoms with Gasteiger partial charge >= 0.3 is 6.03 Å². The van der Waals surface area contributed by atoms with E-state index in [1.165, 1.54) is 32.1 Å². The van der Waals surface area contributed by atoms with Crippen LogP contribution < -0.4 is 20.1 Å². The number of rotatable bonds is 7. The number of hydrogen-bond donors (Lipinski definition) is 3. The lowest BCUT2D eigenvalue weighted by Crippen LogP contribution is -2.42. The number of amides is 2. The number of anilines is 1. The van der Waals surface area contributed by atoms with Crippen molar-refractivity contribution in [3.8, 4) is 11.5 Å². The average Bonchev–Trinajstić information content (AvgIpc) is 2.91. The third-order valence-corrected chi connectivity index (χ3v) is 7.22. The number of ether oxygens (including phenoxy) is 2. The Kier molecular flexibility index (Phi) is 7.38. The van der Waals surface area contributed by atoms with Gasteiger partial charge in [-0.25, -0.2) is 4.79 Å². The number of benzene rings is 3. The van der Waals surface area contributed by atoms with Gasteiger partial charge in [0.25, 0.3) is 0 Å². The molecule has 0 radical (unpaired) electrons. The van der Waals surface area contributed by atoms with Crippen LogP contribution in [0.3, 0.4) is 0 Å². The molecule has 2 unspecified atom stereocenters. The minimum Gasteiger partial charge on any atom is -0.486 e. The van der Waals surface area contributed by atoms with Gasteiger partial charge in [0.05, 0.1) is 12.1 Å². The summed E-state index contributed by atoms with van der Waals surface area (Å²) in [4.78, 5) is 13.0. The van der Waals surface area contributed by atoms with E-state index in [0.717, 1.165) is 22.9 Å². The van der Waals surface area contributed by atoms with Crippen LogP contribution in [0.1, 0.15) is 56.6 Å². The molecule has 0 bridgehead atoms. The third kappa shape index (κ3) is 5.88. The van der Waals surface area contributed by atoms with Gasteiger partial charge in [-0.15, -0.1) is 0 Å². The zero-order chi connectivity index (χ0) is 24.0. The molecule has 35 heavy (non-hydrogen) atoms. The summed E-state index contributed by atoms with van der Waals surface area (Å²) in [5.74, 6) is 1.98. The molecule has 1 heterocycles. The van der Waals surface area contributed by atoms with E-state index in [1.54, 1.807) is 0 Å². The topological polar surface area (TPSA) is 79.8 Å². The van der Waals surface area contributed by atoms with Gasteiger partial charge in [0.15, 0.2) is 11.5 Å². The lowest BCUT2D eigenvalue weighted by atomic mass is 9.84. The lowest BCUT2D eigenvalue weighted by Gasteiger charge is -2.28. The molecule has 2 aliphatic rings. The molecule has 2 atom stereocenters. The summed E-state index contributed by atoms with van der Waals surface area (Å²) in [7, 11) is 0. The molecule has 0 saturated heterocycles. The summed E-state index contributed by atoms with van der Waals surface area (Å²) < 4.78 is 11.3. The Labute approximate surface area is 206 Å². The Balaban J connectivity index is 1.30. The number of aliphatic hydroxyl groups is 1. The van der Waals surface area contributed by atoms with E-state index in [4.69, 9.17) is 9.47 Å². The Morgan fingerprint density at radius 3 is 2.51 bits per heavy atom. The monoisotopic (exact) mass is 474 g/mol. The largest absolute Gasteiger partial charge is 0.486 e.